The third kappa shape index (κ3) is 3.63. The van der Waals surface area contributed by atoms with E-state index in [4.69, 9.17) is 4.74 Å². The molecule has 3 aromatic rings. The maximum atomic E-state index is 13.3. The molecule has 1 aliphatic heterocycles. The molecule has 1 aromatic carbocycles. The van der Waals surface area contributed by atoms with Crippen molar-refractivity contribution in [2.45, 2.75) is 32.8 Å². The highest BCUT2D eigenvalue weighted by Crippen LogP contribution is 2.21. The molecule has 1 fully saturated rings. The van der Waals surface area contributed by atoms with Crippen molar-refractivity contribution in [3.63, 3.8) is 0 Å². The van der Waals surface area contributed by atoms with Crippen LogP contribution in [0.3, 0.4) is 0 Å². The molecule has 0 radical (unpaired) electrons. The lowest BCUT2D eigenvalue weighted by Gasteiger charge is -2.32. The van der Waals surface area contributed by atoms with Gasteiger partial charge in [0.2, 0.25) is 0 Å². The van der Waals surface area contributed by atoms with Crippen LogP contribution in [0.15, 0.2) is 36.4 Å². The summed E-state index contributed by atoms with van der Waals surface area (Å²) in [7, 11) is 0. The first-order chi connectivity index (χ1) is 13.0. The topological polar surface area (TPSA) is 59.7 Å². The number of ether oxygens (including phenoxy) is 1. The third-order valence-electron chi connectivity index (χ3n) is 4.77. The molecule has 0 bridgehead atoms. The zero-order valence-corrected chi connectivity index (χ0v) is 15.4. The standard InChI is InChI=1S/C20H21FN4O2/c1-13-10-19-22-18(11-14(2)25(19)23-13)20(26)24-8-6-16(7-9-24)27-17-5-3-4-15(21)12-17/h3-5,10-12,16H,6-9H2,1-2H3. The van der Waals surface area contributed by atoms with Crippen molar-refractivity contribution < 1.29 is 13.9 Å². The summed E-state index contributed by atoms with van der Waals surface area (Å²) in [5.41, 5.74) is 2.86. The summed E-state index contributed by atoms with van der Waals surface area (Å²) in [5.74, 6) is 0.134. The lowest BCUT2D eigenvalue weighted by atomic mass is 10.1. The van der Waals surface area contributed by atoms with Gasteiger partial charge in [-0.05, 0) is 32.0 Å². The van der Waals surface area contributed by atoms with E-state index in [9.17, 15) is 9.18 Å². The van der Waals surface area contributed by atoms with E-state index in [1.54, 1.807) is 27.6 Å². The molecule has 0 unspecified atom stereocenters. The van der Waals surface area contributed by atoms with Crippen LogP contribution in [-0.4, -0.2) is 44.6 Å². The fraction of sp³-hybridized carbons (Fsp3) is 0.350. The minimum absolute atomic E-state index is 0.0227. The number of nitrogens with zero attached hydrogens (tertiary/aromatic N) is 4. The normalized spacial score (nSPS) is 15.3. The highest BCUT2D eigenvalue weighted by molar-refractivity contribution is 5.93. The molecule has 0 atom stereocenters. The molecule has 0 spiro atoms. The zero-order chi connectivity index (χ0) is 19.0. The molecule has 6 nitrogen and oxygen atoms in total. The second-order valence-corrected chi connectivity index (χ2v) is 6.91. The molecule has 7 heteroatoms. The van der Waals surface area contributed by atoms with Gasteiger partial charge in [0.1, 0.15) is 23.4 Å². The lowest BCUT2D eigenvalue weighted by Crippen LogP contribution is -2.42. The lowest BCUT2D eigenvalue weighted by molar-refractivity contribution is 0.0590. The molecule has 1 aliphatic rings. The highest BCUT2D eigenvalue weighted by Gasteiger charge is 2.26. The number of piperidine rings is 1. The van der Waals surface area contributed by atoms with Gasteiger partial charge in [0.05, 0.1) is 5.69 Å². The van der Waals surface area contributed by atoms with Crippen molar-refractivity contribution in [2.24, 2.45) is 0 Å². The Balaban J connectivity index is 1.42. The van der Waals surface area contributed by atoms with Crippen LogP contribution in [-0.2, 0) is 0 Å². The van der Waals surface area contributed by atoms with Crippen LogP contribution < -0.4 is 4.74 Å². The van der Waals surface area contributed by atoms with E-state index in [0.29, 0.717) is 43.0 Å². The summed E-state index contributed by atoms with van der Waals surface area (Å²) in [6, 6.07) is 9.79. The highest BCUT2D eigenvalue weighted by atomic mass is 19.1. The predicted molar refractivity (Wildman–Crippen MR) is 98.4 cm³/mol. The Labute approximate surface area is 156 Å². The molecule has 0 aliphatic carbocycles. The number of amides is 1. The number of fused-ring (bicyclic) bond motifs is 1. The third-order valence-corrected chi connectivity index (χ3v) is 4.77. The number of aromatic nitrogens is 3. The van der Waals surface area contributed by atoms with Gasteiger partial charge in [0.25, 0.3) is 5.91 Å². The Kier molecular flexibility index (Phi) is 4.51. The molecule has 3 heterocycles. The van der Waals surface area contributed by atoms with Gasteiger partial charge < -0.3 is 9.64 Å². The number of likely N-dealkylation sites (tertiary alicyclic amines) is 1. The zero-order valence-electron chi connectivity index (χ0n) is 15.4. The average Bonchev–Trinajstić information content (AvgIpc) is 3.03. The van der Waals surface area contributed by atoms with Crippen molar-refractivity contribution in [1.82, 2.24) is 19.5 Å². The molecule has 1 amide bonds. The van der Waals surface area contributed by atoms with Gasteiger partial charge in [0.15, 0.2) is 5.65 Å². The molecule has 4 rings (SSSR count). The number of rotatable bonds is 3. The van der Waals surface area contributed by atoms with E-state index in [-0.39, 0.29) is 17.8 Å². The Bertz CT molecular complexity index is 993. The molecule has 27 heavy (non-hydrogen) atoms. The molecule has 0 saturated carbocycles. The minimum atomic E-state index is -0.313. The fourth-order valence-corrected chi connectivity index (χ4v) is 3.42. The summed E-state index contributed by atoms with van der Waals surface area (Å²) in [4.78, 5) is 19.1. The average molecular weight is 368 g/mol. The van der Waals surface area contributed by atoms with Gasteiger partial charge in [-0.15, -0.1) is 0 Å². The Hall–Kier alpha value is -2.96. The van der Waals surface area contributed by atoms with Crippen LogP contribution in [0.4, 0.5) is 4.39 Å². The van der Waals surface area contributed by atoms with Crippen LogP contribution in [0.1, 0.15) is 34.7 Å². The first kappa shape index (κ1) is 17.5. The number of aryl methyl sites for hydroxylation is 2. The first-order valence-electron chi connectivity index (χ1n) is 9.05. The van der Waals surface area contributed by atoms with Crippen LogP contribution in [0.25, 0.3) is 5.65 Å². The monoisotopic (exact) mass is 368 g/mol. The van der Waals surface area contributed by atoms with Crippen LogP contribution in [0, 0.1) is 19.7 Å². The SMILES string of the molecule is Cc1cc2nc(C(=O)N3CCC(Oc4cccc(F)c4)CC3)cc(C)n2n1. The van der Waals surface area contributed by atoms with Gasteiger partial charge in [-0.3, -0.25) is 4.79 Å². The van der Waals surface area contributed by atoms with Crippen LogP contribution in [0.5, 0.6) is 5.75 Å². The van der Waals surface area contributed by atoms with E-state index < -0.39 is 0 Å². The van der Waals surface area contributed by atoms with Crippen LogP contribution >= 0.6 is 0 Å². The van der Waals surface area contributed by atoms with Crippen molar-refractivity contribution in [1.29, 1.82) is 0 Å². The second kappa shape index (κ2) is 6.98. The Morgan fingerprint density at radius 2 is 1.96 bits per heavy atom. The molecular formula is C20H21FN4O2. The van der Waals surface area contributed by atoms with Gasteiger partial charge in [-0.2, -0.15) is 5.10 Å². The first-order valence-corrected chi connectivity index (χ1v) is 9.05. The Morgan fingerprint density at radius 1 is 1.19 bits per heavy atom. The van der Waals surface area contributed by atoms with Gasteiger partial charge >= 0.3 is 0 Å². The second-order valence-electron chi connectivity index (χ2n) is 6.91. The van der Waals surface area contributed by atoms with Gasteiger partial charge in [0, 0.05) is 43.8 Å². The van der Waals surface area contributed by atoms with Crippen molar-refractivity contribution >= 4 is 11.6 Å². The van der Waals surface area contributed by atoms with Gasteiger partial charge in [-0.25, -0.2) is 13.9 Å². The molecule has 2 aromatic heterocycles. The predicted octanol–water partition coefficient (Wildman–Crippen LogP) is 3.17. The van der Waals surface area contributed by atoms with E-state index in [1.807, 2.05) is 19.9 Å². The summed E-state index contributed by atoms with van der Waals surface area (Å²) in [5, 5.41) is 4.37. The summed E-state index contributed by atoms with van der Waals surface area (Å²) in [6.45, 7) is 4.99. The number of carbonyl (C=O) groups excluding carboxylic acids is 1. The maximum absolute atomic E-state index is 13.3. The fourth-order valence-electron chi connectivity index (χ4n) is 3.42. The van der Waals surface area contributed by atoms with E-state index in [1.165, 1.54) is 12.1 Å². The van der Waals surface area contributed by atoms with Crippen LogP contribution in [0.2, 0.25) is 0 Å². The van der Waals surface area contributed by atoms with E-state index in [2.05, 4.69) is 10.1 Å². The smallest absolute Gasteiger partial charge is 0.272 e. The summed E-state index contributed by atoms with van der Waals surface area (Å²) in [6.07, 6.45) is 1.38. The van der Waals surface area contributed by atoms with Crippen molar-refractivity contribution in [3.8, 4) is 5.75 Å². The van der Waals surface area contributed by atoms with Gasteiger partial charge in [-0.1, -0.05) is 6.07 Å². The summed E-state index contributed by atoms with van der Waals surface area (Å²) >= 11 is 0. The largest absolute Gasteiger partial charge is 0.490 e. The number of carbonyl (C=O) groups is 1. The summed E-state index contributed by atoms with van der Waals surface area (Å²) < 4.78 is 20.9. The van der Waals surface area contributed by atoms with E-state index in [0.717, 1.165) is 11.4 Å². The molecular weight excluding hydrogens is 347 g/mol. The number of halogens is 1. The number of benzene rings is 1. The quantitative estimate of drug-likeness (QED) is 0.712. The van der Waals surface area contributed by atoms with E-state index >= 15 is 0 Å². The van der Waals surface area contributed by atoms with Crippen molar-refractivity contribution in [3.05, 3.63) is 59.3 Å². The number of hydrogen-bond acceptors (Lipinski definition) is 4. The number of hydrogen-bond donors (Lipinski definition) is 0. The van der Waals surface area contributed by atoms with Crippen molar-refractivity contribution in [2.75, 3.05) is 13.1 Å². The molecule has 140 valence electrons. The Morgan fingerprint density at radius 3 is 2.70 bits per heavy atom. The maximum Gasteiger partial charge on any atom is 0.272 e. The molecule has 1 saturated heterocycles. The molecule has 0 N–H and O–H groups in total. The minimum Gasteiger partial charge on any atom is -0.490 e.